The van der Waals surface area contributed by atoms with Crippen LogP contribution in [-0.4, -0.2) is 9.55 Å². The third-order valence-electron chi connectivity index (χ3n) is 3.79. The van der Waals surface area contributed by atoms with E-state index in [0.717, 1.165) is 42.3 Å². The second-order valence-corrected chi connectivity index (χ2v) is 5.15. The van der Waals surface area contributed by atoms with Crippen molar-refractivity contribution in [3.05, 3.63) is 35.2 Å². The largest absolute Gasteiger partial charge is 0.383 e. The minimum atomic E-state index is 0.791. The van der Waals surface area contributed by atoms with Crippen molar-refractivity contribution in [3.63, 3.8) is 0 Å². The maximum atomic E-state index is 6.30. The van der Waals surface area contributed by atoms with Crippen LogP contribution in [0.4, 0.5) is 5.82 Å². The molecule has 2 aromatic rings. The minimum Gasteiger partial charge on any atom is -0.383 e. The number of aryl methyl sites for hydroxylation is 2. The second-order valence-electron chi connectivity index (χ2n) is 5.15. The number of benzene rings is 1. The maximum absolute atomic E-state index is 6.30. The van der Waals surface area contributed by atoms with Gasteiger partial charge in [0.15, 0.2) is 0 Å². The lowest BCUT2D eigenvalue weighted by molar-refractivity contribution is 0.622. The van der Waals surface area contributed by atoms with Gasteiger partial charge in [-0.15, -0.1) is 0 Å². The summed E-state index contributed by atoms with van der Waals surface area (Å²) in [4.78, 5) is 4.67. The maximum Gasteiger partial charge on any atom is 0.131 e. The number of hydrogen-bond acceptors (Lipinski definition) is 2. The Bertz CT molecular complexity index is 582. The average Bonchev–Trinajstić information content (AvgIpc) is 2.66. The number of hydrogen-bond donors (Lipinski definition) is 1. The highest BCUT2D eigenvalue weighted by atomic mass is 15.1. The zero-order chi connectivity index (χ0) is 14.0. The fourth-order valence-corrected chi connectivity index (χ4v) is 2.39. The standard InChI is InChI=1S/C16H23N3/c1-5-6-10-19-13(4)18-15(16(19)17)14-9-7-8-11(2)12(14)3/h7-9H,5-6,10,17H2,1-4H3. The van der Waals surface area contributed by atoms with Gasteiger partial charge < -0.3 is 10.3 Å². The predicted molar refractivity (Wildman–Crippen MR) is 81.2 cm³/mol. The smallest absolute Gasteiger partial charge is 0.131 e. The molecule has 2 rings (SSSR count). The van der Waals surface area contributed by atoms with Crippen molar-refractivity contribution in [1.82, 2.24) is 9.55 Å². The van der Waals surface area contributed by atoms with Crippen molar-refractivity contribution in [1.29, 1.82) is 0 Å². The first-order valence-corrected chi connectivity index (χ1v) is 6.95. The Labute approximate surface area is 115 Å². The number of imidazole rings is 1. The van der Waals surface area contributed by atoms with Gasteiger partial charge in [-0.1, -0.05) is 31.5 Å². The molecule has 0 amide bonds. The molecule has 0 aliphatic heterocycles. The number of nitrogens with zero attached hydrogens (tertiary/aromatic N) is 2. The van der Waals surface area contributed by atoms with Crippen molar-refractivity contribution in [2.75, 3.05) is 5.73 Å². The van der Waals surface area contributed by atoms with Crippen LogP contribution in [0.2, 0.25) is 0 Å². The molecule has 0 fully saturated rings. The Kier molecular flexibility index (Phi) is 3.93. The van der Waals surface area contributed by atoms with E-state index in [9.17, 15) is 0 Å². The van der Waals surface area contributed by atoms with Gasteiger partial charge in [0.1, 0.15) is 17.3 Å². The molecule has 0 unspecified atom stereocenters. The fourth-order valence-electron chi connectivity index (χ4n) is 2.39. The van der Waals surface area contributed by atoms with Gasteiger partial charge >= 0.3 is 0 Å². The van der Waals surface area contributed by atoms with Gasteiger partial charge in [-0.05, 0) is 38.3 Å². The molecule has 0 saturated heterocycles. The van der Waals surface area contributed by atoms with E-state index >= 15 is 0 Å². The van der Waals surface area contributed by atoms with E-state index in [2.05, 4.69) is 48.5 Å². The molecule has 102 valence electrons. The van der Waals surface area contributed by atoms with Crippen molar-refractivity contribution in [2.24, 2.45) is 0 Å². The quantitative estimate of drug-likeness (QED) is 0.904. The Morgan fingerprint density at radius 3 is 2.63 bits per heavy atom. The normalized spacial score (nSPS) is 10.9. The van der Waals surface area contributed by atoms with E-state index in [0.29, 0.717) is 0 Å². The molecule has 0 saturated carbocycles. The van der Waals surface area contributed by atoms with E-state index in [1.807, 2.05) is 6.92 Å². The summed E-state index contributed by atoms with van der Waals surface area (Å²) in [5.74, 6) is 1.79. The second kappa shape index (κ2) is 5.47. The van der Waals surface area contributed by atoms with Crippen molar-refractivity contribution in [2.45, 2.75) is 47.1 Å². The molecule has 0 spiro atoms. The Morgan fingerprint density at radius 1 is 1.21 bits per heavy atom. The van der Waals surface area contributed by atoms with Gasteiger partial charge in [0.05, 0.1) is 0 Å². The lowest BCUT2D eigenvalue weighted by Crippen LogP contribution is -2.05. The van der Waals surface area contributed by atoms with E-state index in [1.165, 1.54) is 11.1 Å². The van der Waals surface area contributed by atoms with E-state index in [4.69, 9.17) is 5.73 Å². The molecule has 0 radical (unpaired) electrons. The van der Waals surface area contributed by atoms with Crippen LogP contribution in [0, 0.1) is 20.8 Å². The molecule has 0 bridgehead atoms. The van der Waals surface area contributed by atoms with Crippen LogP contribution in [0.15, 0.2) is 18.2 Å². The molecule has 1 heterocycles. The number of nitrogens with two attached hydrogens (primary N) is 1. The predicted octanol–water partition coefficient (Wildman–Crippen LogP) is 3.86. The molecule has 3 heteroatoms. The van der Waals surface area contributed by atoms with Crippen LogP contribution < -0.4 is 5.73 Å². The first kappa shape index (κ1) is 13.7. The number of unbranched alkanes of at least 4 members (excludes halogenated alkanes) is 1. The first-order valence-electron chi connectivity index (χ1n) is 6.95. The van der Waals surface area contributed by atoms with E-state index in [-0.39, 0.29) is 0 Å². The summed E-state index contributed by atoms with van der Waals surface area (Å²) < 4.78 is 2.13. The summed E-state index contributed by atoms with van der Waals surface area (Å²) in [6.07, 6.45) is 2.30. The lowest BCUT2D eigenvalue weighted by Gasteiger charge is -2.09. The van der Waals surface area contributed by atoms with Gasteiger partial charge in [0.2, 0.25) is 0 Å². The molecular formula is C16H23N3. The highest BCUT2D eigenvalue weighted by Crippen LogP contribution is 2.30. The minimum absolute atomic E-state index is 0.791. The molecule has 1 aromatic carbocycles. The van der Waals surface area contributed by atoms with Crippen LogP contribution in [0.1, 0.15) is 36.7 Å². The summed E-state index contributed by atoms with van der Waals surface area (Å²) in [5.41, 5.74) is 10.9. The van der Waals surface area contributed by atoms with Crippen LogP contribution in [0.3, 0.4) is 0 Å². The summed E-state index contributed by atoms with van der Waals surface area (Å²) in [7, 11) is 0. The zero-order valence-corrected chi connectivity index (χ0v) is 12.3. The summed E-state index contributed by atoms with van der Waals surface area (Å²) in [6, 6.07) is 6.29. The molecule has 19 heavy (non-hydrogen) atoms. The van der Waals surface area contributed by atoms with Crippen molar-refractivity contribution in [3.8, 4) is 11.3 Å². The number of nitrogen functional groups attached to an aromatic ring is 1. The monoisotopic (exact) mass is 257 g/mol. The van der Waals surface area contributed by atoms with Crippen LogP contribution >= 0.6 is 0 Å². The van der Waals surface area contributed by atoms with Gasteiger partial charge in [-0.25, -0.2) is 4.98 Å². The number of anilines is 1. The lowest BCUT2D eigenvalue weighted by atomic mass is 10.0. The SMILES string of the molecule is CCCCn1c(C)nc(-c2cccc(C)c2C)c1N. The molecule has 0 aliphatic rings. The molecule has 0 atom stereocenters. The molecule has 1 aromatic heterocycles. The van der Waals surface area contributed by atoms with Gasteiger partial charge in [0, 0.05) is 12.1 Å². The van der Waals surface area contributed by atoms with Gasteiger partial charge in [-0.3, -0.25) is 0 Å². The Balaban J connectivity index is 2.49. The molecule has 3 nitrogen and oxygen atoms in total. The van der Waals surface area contributed by atoms with Gasteiger partial charge in [-0.2, -0.15) is 0 Å². The molecule has 2 N–H and O–H groups in total. The Hall–Kier alpha value is -1.77. The highest BCUT2D eigenvalue weighted by molar-refractivity contribution is 5.74. The fraction of sp³-hybridized carbons (Fsp3) is 0.438. The molecular weight excluding hydrogens is 234 g/mol. The zero-order valence-electron chi connectivity index (χ0n) is 12.3. The molecule has 0 aliphatic carbocycles. The highest BCUT2D eigenvalue weighted by Gasteiger charge is 2.15. The van der Waals surface area contributed by atoms with Crippen LogP contribution in [0.5, 0.6) is 0 Å². The van der Waals surface area contributed by atoms with Crippen LogP contribution in [-0.2, 0) is 6.54 Å². The summed E-state index contributed by atoms with van der Waals surface area (Å²) in [5, 5.41) is 0. The number of aromatic nitrogens is 2. The van der Waals surface area contributed by atoms with Crippen molar-refractivity contribution < 1.29 is 0 Å². The number of rotatable bonds is 4. The average molecular weight is 257 g/mol. The van der Waals surface area contributed by atoms with E-state index < -0.39 is 0 Å². The first-order chi connectivity index (χ1) is 9.06. The summed E-state index contributed by atoms with van der Waals surface area (Å²) in [6.45, 7) is 9.42. The van der Waals surface area contributed by atoms with Crippen molar-refractivity contribution >= 4 is 5.82 Å². The third-order valence-corrected chi connectivity index (χ3v) is 3.79. The van der Waals surface area contributed by atoms with Gasteiger partial charge in [0.25, 0.3) is 0 Å². The van der Waals surface area contributed by atoms with Crippen LogP contribution in [0.25, 0.3) is 11.3 Å². The Morgan fingerprint density at radius 2 is 1.95 bits per heavy atom. The van der Waals surface area contributed by atoms with E-state index in [1.54, 1.807) is 0 Å². The topological polar surface area (TPSA) is 43.8 Å². The summed E-state index contributed by atoms with van der Waals surface area (Å²) >= 11 is 0. The third kappa shape index (κ3) is 2.50.